The first kappa shape index (κ1) is 15.5. The fourth-order valence-corrected chi connectivity index (χ4v) is 2.53. The van der Waals surface area contributed by atoms with E-state index in [1.54, 1.807) is 6.07 Å². The lowest BCUT2D eigenvalue weighted by molar-refractivity contribution is 0.128. The fourth-order valence-electron chi connectivity index (χ4n) is 2.33. The number of rotatable bonds is 6. The highest BCUT2D eigenvalue weighted by Gasteiger charge is 2.16. The molecule has 0 atom stereocenters. The molecule has 1 aromatic rings. The third kappa shape index (κ3) is 4.89. The van der Waals surface area contributed by atoms with Crippen molar-refractivity contribution in [2.24, 2.45) is 5.92 Å². The number of nitrogens with one attached hydrogen (secondary N) is 1. The molecule has 1 saturated heterocycles. The Bertz CT molecular complexity index is 422. The number of likely N-dealkylation sites (tertiary alicyclic amines) is 1. The highest BCUT2D eigenvalue weighted by Crippen LogP contribution is 2.18. The highest BCUT2D eigenvalue weighted by molar-refractivity contribution is 6.29. The minimum absolute atomic E-state index is 0.403. The summed E-state index contributed by atoms with van der Waals surface area (Å²) in [5.74, 6) is 2.12. The monoisotopic (exact) mass is 298 g/mol. The van der Waals surface area contributed by atoms with Crippen molar-refractivity contribution in [2.45, 2.75) is 26.4 Å². The molecule has 0 spiro atoms. The van der Waals surface area contributed by atoms with E-state index < -0.39 is 0 Å². The van der Waals surface area contributed by atoms with Gasteiger partial charge in [0, 0.05) is 19.2 Å². The molecule has 0 aliphatic carbocycles. The van der Waals surface area contributed by atoms with Crippen LogP contribution in [0.3, 0.4) is 0 Å². The average Bonchev–Trinajstić information content (AvgIpc) is 2.44. The summed E-state index contributed by atoms with van der Waals surface area (Å²) in [6.07, 6.45) is 2.46. The number of aromatic nitrogens is 2. The van der Waals surface area contributed by atoms with Gasteiger partial charge in [-0.25, -0.2) is 9.97 Å². The topological polar surface area (TPSA) is 50.3 Å². The van der Waals surface area contributed by atoms with Gasteiger partial charge in [-0.2, -0.15) is 0 Å². The van der Waals surface area contributed by atoms with E-state index in [2.05, 4.69) is 27.2 Å². The molecule has 1 fully saturated rings. The van der Waals surface area contributed by atoms with Gasteiger partial charge in [0.1, 0.15) is 17.6 Å². The Morgan fingerprint density at radius 3 is 2.85 bits per heavy atom. The van der Waals surface area contributed by atoms with E-state index >= 15 is 0 Å². The van der Waals surface area contributed by atoms with E-state index in [9.17, 15) is 0 Å². The van der Waals surface area contributed by atoms with Gasteiger partial charge >= 0.3 is 0 Å². The van der Waals surface area contributed by atoms with Gasteiger partial charge < -0.3 is 15.0 Å². The van der Waals surface area contributed by atoms with Gasteiger partial charge in [-0.3, -0.25) is 0 Å². The minimum atomic E-state index is 0.403. The second-order valence-electron chi connectivity index (χ2n) is 5.26. The van der Waals surface area contributed by atoms with Crippen LogP contribution in [0, 0.1) is 5.92 Å². The molecule has 5 nitrogen and oxygen atoms in total. The van der Waals surface area contributed by atoms with Crippen molar-refractivity contribution in [3.05, 3.63) is 17.0 Å². The van der Waals surface area contributed by atoms with E-state index in [1.807, 2.05) is 6.92 Å². The van der Waals surface area contributed by atoms with Gasteiger partial charge in [0.25, 0.3) is 0 Å². The molecule has 20 heavy (non-hydrogen) atoms. The third-order valence-electron chi connectivity index (χ3n) is 3.59. The highest BCUT2D eigenvalue weighted by atomic mass is 35.5. The van der Waals surface area contributed by atoms with Crippen LogP contribution < -0.4 is 5.32 Å². The summed E-state index contributed by atoms with van der Waals surface area (Å²) in [5, 5.41) is 3.84. The summed E-state index contributed by atoms with van der Waals surface area (Å²) in [6.45, 7) is 6.28. The van der Waals surface area contributed by atoms with Crippen LogP contribution >= 0.6 is 11.6 Å². The second-order valence-corrected chi connectivity index (χ2v) is 5.64. The van der Waals surface area contributed by atoms with Crippen LogP contribution in [-0.2, 0) is 11.3 Å². The maximum atomic E-state index is 6.02. The number of hydrogen-bond acceptors (Lipinski definition) is 5. The molecule has 1 aromatic heterocycles. The Hall–Kier alpha value is -0.910. The summed E-state index contributed by atoms with van der Waals surface area (Å²) < 4.78 is 5.32. The van der Waals surface area contributed by atoms with E-state index in [1.165, 1.54) is 25.9 Å². The Kier molecular flexibility index (Phi) is 6.01. The maximum Gasteiger partial charge on any atom is 0.158 e. The standard InChI is InChI=1S/C14H23ClN4O/c1-3-20-10-14-17-12(15)8-13(18-14)16-9-11-4-6-19(2)7-5-11/h8,11H,3-7,9-10H2,1-2H3,(H,16,17,18). The molecule has 2 heterocycles. The van der Waals surface area contributed by atoms with Crippen molar-refractivity contribution in [1.29, 1.82) is 0 Å². The van der Waals surface area contributed by atoms with Crippen LogP contribution in [0.1, 0.15) is 25.6 Å². The quantitative estimate of drug-likeness (QED) is 0.818. The number of ether oxygens (including phenoxy) is 1. The largest absolute Gasteiger partial charge is 0.374 e. The van der Waals surface area contributed by atoms with Crippen LogP contribution in [0.4, 0.5) is 5.82 Å². The first-order valence-corrected chi connectivity index (χ1v) is 7.58. The molecule has 2 rings (SSSR count). The summed E-state index contributed by atoms with van der Waals surface area (Å²) in [4.78, 5) is 11.0. The van der Waals surface area contributed by atoms with Crippen molar-refractivity contribution in [3.63, 3.8) is 0 Å². The normalized spacial score (nSPS) is 17.4. The van der Waals surface area contributed by atoms with Gasteiger partial charge in [0.2, 0.25) is 0 Å². The van der Waals surface area contributed by atoms with Gasteiger partial charge in [0.15, 0.2) is 5.82 Å². The molecule has 0 aromatic carbocycles. The first-order chi connectivity index (χ1) is 9.67. The smallest absolute Gasteiger partial charge is 0.158 e. The number of halogens is 1. The molecule has 1 aliphatic heterocycles. The number of piperidine rings is 1. The van der Waals surface area contributed by atoms with E-state index in [0.717, 1.165) is 12.4 Å². The molecule has 6 heteroatoms. The zero-order chi connectivity index (χ0) is 14.4. The van der Waals surface area contributed by atoms with Crippen LogP contribution in [-0.4, -0.2) is 48.2 Å². The summed E-state index contributed by atoms with van der Waals surface area (Å²) in [6, 6.07) is 1.77. The molecular formula is C14H23ClN4O. The van der Waals surface area contributed by atoms with Gasteiger partial charge in [-0.1, -0.05) is 11.6 Å². The Morgan fingerprint density at radius 1 is 1.40 bits per heavy atom. The van der Waals surface area contributed by atoms with Gasteiger partial charge in [-0.15, -0.1) is 0 Å². The molecule has 112 valence electrons. The first-order valence-electron chi connectivity index (χ1n) is 7.21. The van der Waals surface area contributed by atoms with Crippen molar-refractivity contribution in [3.8, 4) is 0 Å². The lowest BCUT2D eigenvalue weighted by atomic mass is 9.97. The molecular weight excluding hydrogens is 276 g/mol. The maximum absolute atomic E-state index is 6.02. The zero-order valence-electron chi connectivity index (χ0n) is 12.2. The number of hydrogen-bond donors (Lipinski definition) is 1. The van der Waals surface area contributed by atoms with E-state index in [0.29, 0.717) is 30.1 Å². The Labute approximate surface area is 125 Å². The lowest BCUT2D eigenvalue weighted by Gasteiger charge is -2.29. The van der Waals surface area contributed by atoms with Crippen LogP contribution in [0.5, 0.6) is 0 Å². The SMILES string of the molecule is CCOCc1nc(Cl)cc(NCC2CCN(C)CC2)n1. The lowest BCUT2D eigenvalue weighted by Crippen LogP contribution is -2.33. The van der Waals surface area contributed by atoms with Crippen LogP contribution in [0.25, 0.3) is 0 Å². The van der Waals surface area contributed by atoms with Gasteiger partial charge in [-0.05, 0) is 45.8 Å². The van der Waals surface area contributed by atoms with Crippen molar-refractivity contribution >= 4 is 17.4 Å². The molecule has 0 bridgehead atoms. The van der Waals surface area contributed by atoms with Crippen LogP contribution in [0.15, 0.2) is 6.07 Å². The minimum Gasteiger partial charge on any atom is -0.374 e. The van der Waals surface area contributed by atoms with Crippen molar-refractivity contribution in [1.82, 2.24) is 14.9 Å². The molecule has 0 saturated carbocycles. The summed E-state index contributed by atoms with van der Waals surface area (Å²) >= 11 is 6.02. The van der Waals surface area contributed by atoms with E-state index in [4.69, 9.17) is 16.3 Å². The third-order valence-corrected chi connectivity index (χ3v) is 3.78. The van der Waals surface area contributed by atoms with Gasteiger partial charge in [0.05, 0.1) is 0 Å². The fraction of sp³-hybridized carbons (Fsp3) is 0.714. The van der Waals surface area contributed by atoms with Crippen molar-refractivity contribution in [2.75, 3.05) is 38.6 Å². The Morgan fingerprint density at radius 2 is 2.15 bits per heavy atom. The molecule has 1 aliphatic rings. The molecule has 1 N–H and O–H groups in total. The number of anilines is 1. The van der Waals surface area contributed by atoms with E-state index in [-0.39, 0.29) is 0 Å². The van der Waals surface area contributed by atoms with Crippen molar-refractivity contribution < 1.29 is 4.74 Å². The summed E-state index contributed by atoms with van der Waals surface area (Å²) in [7, 11) is 2.17. The predicted octanol–water partition coefficient (Wildman–Crippen LogP) is 2.42. The molecule has 0 unspecified atom stereocenters. The summed E-state index contributed by atoms with van der Waals surface area (Å²) in [5.41, 5.74) is 0. The zero-order valence-corrected chi connectivity index (χ0v) is 13.0. The number of nitrogens with zero attached hydrogens (tertiary/aromatic N) is 3. The second kappa shape index (κ2) is 7.76. The molecule has 0 radical (unpaired) electrons. The molecule has 0 amide bonds. The Balaban J connectivity index is 1.87. The average molecular weight is 299 g/mol. The predicted molar refractivity (Wildman–Crippen MR) is 81.1 cm³/mol. The van der Waals surface area contributed by atoms with Crippen LogP contribution in [0.2, 0.25) is 5.15 Å².